The molecule has 0 saturated heterocycles. The molecule has 0 unspecified atom stereocenters. The summed E-state index contributed by atoms with van der Waals surface area (Å²) in [4.78, 5) is 22.9. The Labute approximate surface area is 108 Å². The number of carbonyl (C=O) groups excluding carboxylic acids is 2. The number of carbonyl (C=O) groups is 2. The minimum atomic E-state index is -0.477. The maximum atomic E-state index is 11.6. The maximum absolute atomic E-state index is 11.6. The summed E-state index contributed by atoms with van der Waals surface area (Å²) in [6, 6.07) is -0.483. The van der Waals surface area contributed by atoms with Gasteiger partial charge in [-0.05, 0) is 20.8 Å². The predicted molar refractivity (Wildman–Crippen MR) is 67.0 cm³/mol. The van der Waals surface area contributed by atoms with Crippen LogP contribution in [0.25, 0.3) is 0 Å². The van der Waals surface area contributed by atoms with E-state index < -0.39 is 6.03 Å². The monoisotopic (exact) mass is 274 g/mol. The number of nitrogens with one attached hydrogen (secondary N) is 2. The van der Waals surface area contributed by atoms with Gasteiger partial charge < -0.3 is 5.32 Å². The Morgan fingerprint density at radius 2 is 2.12 bits per heavy atom. The van der Waals surface area contributed by atoms with Crippen LogP contribution in [0.1, 0.15) is 20.8 Å². The molecule has 1 heterocycles. The molecule has 1 rings (SSSR count). The van der Waals surface area contributed by atoms with E-state index in [0.717, 1.165) is 0 Å². The highest BCUT2D eigenvalue weighted by Gasteiger charge is 2.18. The largest absolute Gasteiger partial charge is 0.336 e. The van der Waals surface area contributed by atoms with Crippen molar-refractivity contribution in [3.63, 3.8) is 0 Å². The Morgan fingerprint density at radius 3 is 2.65 bits per heavy atom. The molecule has 0 aliphatic carbocycles. The molecule has 0 radical (unpaired) electrons. The maximum Gasteiger partial charge on any atom is 0.321 e. The third-order valence-electron chi connectivity index (χ3n) is 1.64. The van der Waals surface area contributed by atoms with Gasteiger partial charge in [-0.15, -0.1) is 10.2 Å². The molecule has 6 nitrogen and oxygen atoms in total. The Morgan fingerprint density at radius 1 is 1.41 bits per heavy atom. The number of nitrogens with zero attached hydrogens (tertiary/aromatic N) is 2. The van der Waals surface area contributed by atoms with Gasteiger partial charge in [-0.2, -0.15) is 0 Å². The lowest BCUT2D eigenvalue weighted by molar-refractivity contribution is -0.119. The van der Waals surface area contributed by atoms with Crippen molar-refractivity contribution >= 4 is 35.0 Å². The van der Waals surface area contributed by atoms with Gasteiger partial charge in [0.25, 0.3) is 0 Å². The lowest BCUT2D eigenvalue weighted by Gasteiger charge is -2.11. The van der Waals surface area contributed by atoms with E-state index in [0.29, 0.717) is 4.34 Å². The van der Waals surface area contributed by atoms with Gasteiger partial charge in [0, 0.05) is 6.04 Å². The number of amides is 3. The first kappa shape index (κ1) is 13.9. The third-order valence-corrected chi connectivity index (χ3v) is 3.55. The van der Waals surface area contributed by atoms with Crippen LogP contribution >= 0.6 is 23.1 Å². The summed E-state index contributed by atoms with van der Waals surface area (Å²) >= 11 is 2.63. The fraction of sp³-hybridized carbons (Fsp3) is 0.556. The van der Waals surface area contributed by atoms with Gasteiger partial charge in [-0.3, -0.25) is 10.1 Å². The Bertz CT molecular complexity index is 380. The minimum Gasteiger partial charge on any atom is -0.336 e. The van der Waals surface area contributed by atoms with Gasteiger partial charge in [0.1, 0.15) is 5.51 Å². The molecule has 0 saturated carbocycles. The van der Waals surface area contributed by atoms with Crippen LogP contribution in [-0.4, -0.2) is 33.4 Å². The molecule has 1 aromatic heterocycles. The van der Waals surface area contributed by atoms with Crippen molar-refractivity contribution in [2.45, 2.75) is 36.4 Å². The summed E-state index contributed by atoms with van der Waals surface area (Å²) in [5.41, 5.74) is 1.60. The quantitative estimate of drug-likeness (QED) is 0.807. The Kier molecular flexibility index (Phi) is 5.36. The summed E-state index contributed by atoms with van der Waals surface area (Å²) in [5.74, 6) is -0.344. The normalized spacial score (nSPS) is 12.2. The van der Waals surface area contributed by atoms with E-state index >= 15 is 0 Å². The first-order chi connectivity index (χ1) is 7.99. The summed E-state index contributed by atoms with van der Waals surface area (Å²) in [5, 5.41) is 12.0. The van der Waals surface area contributed by atoms with Crippen LogP contribution in [-0.2, 0) is 4.79 Å². The van der Waals surface area contributed by atoms with E-state index in [1.807, 2.05) is 13.8 Å². The second kappa shape index (κ2) is 6.55. The second-order valence-corrected chi connectivity index (χ2v) is 6.00. The minimum absolute atomic E-state index is 0.00563. The van der Waals surface area contributed by atoms with E-state index in [1.54, 1.807) is 12.4 Å². The summed E-state index contributed by atoms with van der Waals surface area (Å²) in [6.45, 7) is 5.36. The van der Waals surface area contributed by atoms with Gasteiger partial charge in [0.05, 0.1) is 5.25 Å². The van der Waals surface area contributed by atoms with Crippen LogP contribution in [0.5, 0.6) is 0 Å². The fourth-order valence-corrected chi connectivity index (χ4v) is 2.56. The smallest absolute Gasteiger partial charge is 0.321 e. The van der Waals surface area contributed by atoms with Crippen LogP contribution in [0.2, 0.25) is 0 Å². The van der Waals surface area contributed by atoms with E-state index in [9.17, 15) is 9.59 Å². The highest BCUT2D eigenvalue weighted by atomic mass is 32.2. The van der Waals surface area contributed by atoms with Crippen molar-refractivity contribution in [1.82, 2.24) is 20.8 Å². The van der Waals surface area contributed by atoms with Crippen LogP contribution in [0.4, 0.5) is 4.79 Å². The van der Waals surface area contributed by atoms with E-state index in [-0.39, 0.29) is 17.2 Å². The molecule has 8 heteroatoms. The zero-order valence-corrected chi connectivity index (χ0v) is 11.4. The molecule has 0 bridgehead atoms. The van der Waals surface area contributed by atoms with E-state index in [1.165, 1.54) is 23.1 Å². The average molecular weight is 274 g/mol. The van der Waals surface area contributed by atoms with E-state index in [2.05, 4.69) is 20.8 Å². The molecule has 1 aromatic rings. The fourth-order valence-electron chi connectivity index (χ4n) is 0.931. The van der Waals surface area contributed by atoms with Crippen molar-refractivity contribution < 1.29 is 9.59 Å². The molecule has 3 amide bonds. The molecular weight excluding hydrogens is 260 g/mol. The third kappa shape index (κ3) is 5.14. The first-order valence-electron chi connectivity index (χ1n) is 5.03. The molecule has 1 atom stereocenters. The number of hydrogen-bond acceptors (Lipinski definition) is 6. The molecule has 17 heavy (non-hydrogen) atoms. The zero-order valence-electron chi connectivity index (χ0n) is 9.76. The predicted octanol–water partition coefficient (Wildman–Crippen LogP) is 1.25. The van der Waals surface area contributed by atoms with Crippen molar-refractivity contribution in [3.05, 3.63) is 5.51 Å². The van der Waals surface area contributed by atoms with Crippen molar-refractivity contribution in [2.75, 3.05) is 0 Å². The van der Waals surface area contributed by atoms with Crippen LogP contribution in [0.3, 0.4) is 0 Å². The topological polar surface area (TPSA) is 84.0 Å². The number of hydrogen-bond donors (Lipinski definition) is 2. The molecule has 0 spiro atoms. The average Bonchev–Trinajstić information content (AvgIpc) is 2.68. The van der Waals surface area contributed by atoms with Gasteiger partial charge in [0.15, 0.2) is 4.34 Å². The second-order valence-electron chi connectivity index (χ2n) is 3.58. The van der Waals surface area contributed by atoms with Crippen molar-refractivity contribution in [3.8, 4) is 0 Å². The molecule has 0 aliphatic heterocycles. The van der Waals surface area contributed by atoms with Crippen LogP contribution < -0.4 is 10.6 Å². The number of thioether (sulfide) groups is 1. The summed E-state index contributed by atoms with van der Waals surface area (Å²) in [7, 11) is 0. The highest BCUT2D eigenvalue weighted by Crippen LogP contribution is 2.23. The summed E-state index contributed by atoms with van der Waals surface area (Å²) in [6.07, 6.45) is 0. The standard InChI is InChI=1S/C9H14N4O2S2/c1-5(2)11-8(15)12-7(14)6(3)17-9-13-10-4-16-9/h4-6H,1-3H3,(H2,11,12,14,15)/t6-/m1/s1. The van der Waals surface area contributed by atoms with Gasteiger partial charge in [-0.25, -0.2) is 4.79 Å². The van der Waals surface area contributed by atoms with Crippen molar-refractivity contribution in [2.24, 2.45) is 0 Å². The number of imide groups is 1. The first-order valence-corrected chi connectivity index (χ1v) is 6.79. The Hall–Kier alpha value is -1.15. The van der Waals surface area contributed by atoms with Gasteiger partial charge >= 0.3 is 6.03 Å². The lowest BCUT2D eigenvalue weighted by atomic mass is 10.4. The van der Waals surface area contributed by atoms with Gasteiger partial charge in [-0.1, -0.05) is 23.1 Å². The molecular formula is C9H14N4O2S2. The SMILES string of the molecule is CC(C)NC(=O)NC(=O)[C@@H](C)Sc1nncs1. The molecule has 0 aromatic carbocycles. The van der Waals surface area contributed by atoms with Crippen LogP contribution in [0, 0.1) is 0 Å². The van der Waals surface area contributed by atoms with Crippen molar-refractivity contribution in [1.29, 1.82) is 0 Å². The molecule has 94 valence electrons. The molecule has 0 fully saturated rings. The van der Waals surface area contributed by atoms with E-state index in [4.69, 9.17) is 0 Å². The van der Waals surface area contributed by atoms with Gasteiger partial charge in [0.2, 0.25) is 5.91 Å². The zero-order chi connectivity index (χ0) is 12.8. The number of aromatic nitrogens is 2. The molecule has 0 aliphatic rings. The lowest BCUT2D eigenvalue weighted by Crippen LogP contribution is -2.45. The number of urea groups is 1. The molecule has 2 N–H and O–H groups in total. The summed E-state index contributed by atoms with van der Waals surface area (Å²) < 4.78 is 0.705. The number of rotatable bonds is 4. The van der Waals surface area contributed by atoms with Crippen LogP contribution in [0.15, 0.2) is 9.85 Å². The highest BCUT2D eigenvalue weighted by molar-refractivity contribution is 8.02. The Balaban J connectivity index is 2.39.